The van der Waals surface area contributed by atoms with Crippen LogP contribution in [-0.4, -0.2) is 21.7 Å². The maximum atomic E-state index is 7.90. The van der Waals surface area contributed by atoms with Gasteiger partial charge >= 0.3 is 0 Å². The normalized spacial score (nSPS) is 17.7. The first-order valence-electron chi connectivity index (χ1n) is 7.26. The monoisotopic (exact) mass is 283 g/mol. The molecule has 110 valence electrons. The molecule has 1 aromatic carbocycles. The van der Waals surface area contributed by atoms with Gasteiger partial charge in [0.05, 0.1) is 11.3 Å². The number of rotatable bonds is 2. The van der Waals surface area contributed by atoms with Crippen molar-refractivity contribution in [3.05, 3.63) is 41.1 Å². The van der Waals surface area contributed by atoms with Crippen LogP contribution in [0.5, 0.6) is 0 Å². The Labute approximate surface area is 124 Å². The third kappa shape index (κ3) is 2.09. The predicted molar refractivity (Wildman–Crippen MR) is 85.3 cm³/mol. The van der Waals surface area contributed by atoms with E-state index in [1.165, 1.54) is 11.3 Å². The quantitative estimate of drug-likeness (QED) is 0.657. The summed E-state index contributed by atoms with van der Waals surface area (Å²) >= 11 is 0. The van der Waals surface area contributed by atoms with Crippen molar-refractivity contribution >= 4 is 17.3 Å². The van der Waals surface area contributed by atoms with Crippen LogP contribution >= 0.6 is 0 Å². The SMILES string of the molecule is Cc1nn(C)c(N2c3ccccc3CCC2C)c1C(=N)N. The number of nitrogens with two attached hydrogens (primary N) is 1. The number of hydrogen-bond donors (Lipinski definition) is 2. The molecule has 1 aliphatic heterocycles. The smallest absolute Gasteiger partial charge is 0.142 e. The Hall–Kier alpha value is -2.30. The molecule has 0 bridgehead atoms. The Morgan fingerprint density at radius 3 is 2.81 bits per heavy atom. The molecular formula is C16H21N5. The minimum absolute atomic E-state index is 0.0749. The van der Waals surface area contributed by atoms with Gasteiger partial charge in [-0.15, -0.1) is 0 Å². The number of fused-ring (bicyclic) bond motifs is 1. The Kier molecular flexibility index (Phi) is 3.20. The van der Waals surface area contributed by atoms with Crippen molar-refractivity contribution in [2.24, 2.45) is 12.8 Å². The Morgan fingerprint density at radius 1 is 1.38 bits per heavy atom. The molecule has 0 saturated heterocycles. The fourth-order valence-electron chi connectivity index (χ4n) is 3.25. The first-order valence-corrected chi connectivity index (χ1v) is 7.26. The average Bonchev–Trinajstić information content (AvgIpc) is 2.73. The lowest BCUT2D eigenvalue weighted by molar-refractivity contribution is 0.597. The molecule has 1 atom stereocenters. The van der Waals surface area contributed by atoms with Gasteiger partial charge in [0.25, 0.3) is 0 Å². The first-order chi connectivity index (χ1) is 10.0. The van der Waals surface area contributed by atoms with Crippen molar-refractivity contribution in [2.45, 2.75) is 32.7 Å². The number of para-hydroxylation sites is 1. The highest BCUT2D eigenvalue weighted by Gasteiger charge is 2.30. The molecule has 0 saturated carbocycles. The van der Waals surface area contributed by atoms with Crippen molar-refractivity contribution in [3.63, 3.8) is 0 Å². The third-order valence-electron chi connectivity index (χ3n) is 4.21. The molecule has 1 unspecified atom stereocenters. The second kappa shape index (κ2) is 4.91. The largest absolute Gasteiger partial charge is 0.384 e. The molecular weight excluding hydrogens is 262 g/mol. The summed E-state index contributed by atoms with van der Waals surface area (Å²) in [5, 5.41) is 12.4. The van der Waals surface area contributed by atoms with Crippen LogP contribution in [0.1, 0.15) is 30.2 Å². The van der Waals surface area contributed by atoms with E-state index in [2.05, 4.69) is 41.2 Å². The molecule has 0 spiro atoms. The number of amidine groups is 1. The lowest BCUT2D eigenvalue weighted by Crippen LogP contribution is -2.36. The number of anilines is 2. The van der Waals surface area contributed by atoms with E-state index >= 15 is 0 Å². The van der Waals surface area contributed by atoms with Crippen LogP contribution in [0.4, 0.5) is 11.5 Å². The van der Waals surface area contributed by atoms with Crippen molar-refractivity contribution < 1.29 is 0 Å². The molecule has 5 heteroatoms. The van der Waals surface area contributed by atoms with Gasteiger partial charge in [-0.25, -0.2) is 0 Å². The highest BCUT2D eigenvalue weighted by molar-refractivity contribution is 6.01. The van der Waals surface area contributed by atoms with Gasteiger partial charge in [0, 0.05) is 18.8 Å². The molecule has 1 aromatic heterocycles. The maximum Gasteiger partial charge on any atom is 0.142 e. The van der Waals surface area contributed by atoms with Crippen LogP contribution in [0, 0.1) is 12.3 Å². The molecule has 0 amide bonds. The average molecular weight is 283 g/mol. The van der Waals surface area contributed by atoms with E-state index in [9.17, 15) is 0 Å². The van der Waals surface area contributed by atoms with Crippen LogP contribution in [0.15, 0.2) is 24.3 Å². The van der Waals surface area contributed by atoms with E-state index in [-0.39, 0.29) is 5.84 Å². The highest BCUT2D eigenvalue weighted by Crippen LogP contribution is 2.38. The number of benzene rings is 1. The molecule has 2 aromatic rings. The second-order valence-electron chi connectivity index (χ2n) is 5.71. The van der Waals surface area contributed by atoms with Gasteiger partial charge in [0.1, 0.15) is 11.7 Å². The standard InChI is InChI=1S/C16H21N5/c1-10-8-9-12-6-4-5-7-13(12)21(10)16-14(15(17)18)11(2)19-20(16)3/h4-7,10H,8-9H2,1-3H3,(H3,17,18). The van der Waals surface area contributed by atoms with Gasteiger partial charge in [0.2, 0.25) is 0 Å². The zero-order valence-electron chi connectivity index (χ0n) is 12.7. The maximum absolute atomic E-state index is 7.90. The van der Waals surface area contributed by atoms with Gasteiger partial charge in [-0.2, -0.15) is 5.10 Å². The summed E-state index contributed by atoms with van der Waals surface area (Å²) in [4.78, 5) is 2.27. The van der Waals surface area contributed by atoms with E-state index < -0.39 is 0 Å². The number of nitrogens with zero attached hydrogens (tertiary/aromatic N) is 3. The van der Waals surface area contributed by atoms with Crippen LogP contribution in [0.2, 0.25) is 0 Å². The lowest BCUT2D eigenvalue weighted by atomic mass is 9.96. The summed E-state index contributed by atoms with van der Waals surface area (Å²) in [5.74, 6) is 0.991. The fourth-order valence-corrected chi connectivity index (χ4v) is 3.25. The zero-order valence-corrected chi connectivity index (χ0v) is 12.7. The number of aromatic nitrogens is 2. The lowest BCUT2D eigenvalue weighted by Gasteiger charge is -2.37. The zero-order chi connectivity index (χ0) is 15.1. The topological polar surface area (TPSA) is 70.9 Å². The molecule has 2 heterocycles. The molecule has 0 aliphatic carbocycles. The van der Waals surface area contributed by atoms with Crippen molar-refractivity contribution in [1.29, 1.82) is 5.41 Å². The van der Waals surface area contributed by atoms with Gasteiger partial charge in [-0.3, -0.25) is 10.1 Å². The molecule has 3 rings (SSSR count). The second-order valence-corrected chi connectivity index (χ2v) is 5.71. The van der Waals surface area contributed by atoms with E-state index in [0.29, 0.717) is 6.04 Å². The Balaban J connectivity index is 2.23. The van der Waals surface area contributed by atoms with E-state index in [0.717, 1.165) is 29.9 Å². The van der Waals surface area contributed by atoms with Crippen LogP contribution in [0.25, 0.3) is 0 Å². The Morgan fingerprint density at radius 2 is 2.10 bits per heavy atom. The van der Waals surface area contributed by atoms with Crippen molar-refractivity contribution in [1.82, 2.24) is 9.78 Å². The summed E-state index contributed by atoms with van der Waals surface area (Å²) < 4.78 is 1.84. The van der Waals surface area contributed by atoms with Crippen molar-refractivity contribution in [3.8, 4) is 0 Å². The number of nitrogen functional groups attached to an aromatic ring is 1. The number of hydrogen-bond acceptors (Lipinski definition) is 3. The molecule has 21 heavy (non-hydrogen) atoms. The summed E-state index contributed by atoms with van der Waals surface area (Å²) in [6.45, 7) is 4.11. The summed E-state index contributed by atoms with van der Waals surface area (Å²) in [7, 11) is 1.92. The first kappa shape index (κ1) is 13.7. The van der Waals surface area contributed by atoms with E-state index in [4.69, 9.17) is 11.1 Å². The highest BCUT2D eigenvalue weighted by atomic mass is 15.4. The van der Waals surface area contributed by atoms with Gasteiger partial charge in [-0.05, 0) is 38.3 Å². The molecule has 0 fully saturated rings. The summed E-state index contributed by atoms with van der Waals surface area (Å²) in [5.41, 5.74) is 9.88. The fraction of sp³-hybridized carbons (Fsp3) is 0.375. The summed E-state index contributed by atoms with van der Waals surface area (Å²) in [6, 6.07) is 8.79. The van der Waals surface area contributed by atoms with Gasteiger partial charge in [0.15, 0.2) is 0 Å². The van der Waals surface area contributed by atoms with Gasteiger partial charge < -0.3 is 10.6 Å². The van der Waals surface area contributed by atoms with E-state index in [1.807, 2.05) is 18.7 Å². The van der Waals surface area contributed by atoms with Crippen molar-refractivity contribution in [2.75, 3.05) is 4.90 Å². The molecule has 0 radical (unpaired) electrons. The molecule has 3 N–H and O–H groups in total. The number of nitrogens with one attached hydrogen (secondary N) is 1. The summed E-state index contributed by atoms with van der Waals surface area (Å²) in [6.07, 6.45) is 2.17. The minimum Gasteiger partial charge on any atom is -0.384 e. The van der Waals surface area contributed by atoms with E-state index in [1.54, 1.807) is 0 Å². The van der Waals surface area contributed by atoms with Crippen LogP contribution < -0.4 is 10.6 Å². The predicted octanol–water partition coefficient (Wildman–Crippen LogP) is 2.49. The van der Waals surface area contributed by atoms with Crippen LogP contribution in [-0.2, 0) is 13.5 Å². The molecule has 1 aliphatic rings. The minimum atomic E-state index is 0.0749. The number of aryl methyl sites for hydroxylation is 3. The Bertz CT molecular complexity index is 701. The van der Waals surface area contributed by atoms with Gasteiger partial charge in [-0.1, -0.05) is 18.2 Å². The third-order valence-corrected chi connectivity index (χ3v) is 4.21. The van der Waals surface area contributed by atoms with Crippen LogP contribution in [0.3, 0.4) is 0 Å². The molecule has 5 nitrogen and oxygen atoms in total.